The molecule has 0 atom stereocenters. The third-order valence-electron chi connectivity index (χ3n) is 2.21. The van der Waals surface area contributed by atoms with Gasteiger partial charge in [-0.05, 0) is 25.0 Å². The molecular formula is C11H16BrNO2. The maximum atomic E-state index is 11.7. The van der Waals surface area contributed by atoms with Crippen molar-refractivity contribution in [2.24, 2.45) is 0 Å². The summed E-state index contributed by atoms with van der Waals surface area (Å²) in [5, 5.41) is 1.03. The van der Waals surface area contributed by atoms with Crippen LogP contribution in [0.5, 0.6) is 0 Å². The lowest BCUT2D eigenvalue weighted by molar-refractivity contribution is 0.0761. The summed E-state index contributed by atoms with van der Waals surface area (Å²) < 4.78 is 5.05. The van der Waals surface area contributed by atoms with E-state index in [-0.39, 0.29) is 5.91 Å². The van der Waals surface area contributed by atoms with Crippen LogP contribution in [0.1, 0.15) is 29.8 Å². The van der Waals surface area contributed by atoms with Crippen molar-refractivity contribution < 1.29 is 9.21 Å². The van der Waals surface area contributed by atoms with Crippen molar-refractivity contribution in [3.8, 4) is 0 Å². The lowest BCUT2D eigenvalue weighted by atomic mass is 10.2. The molecule has 1 aromatic rings. The van der Waals surface area contributed by atoms with Crippen LogP contribution in [0.25, 0.3) is 0 Å². The molecule has 1 aromatic heterocycles. The summed E-state index contributed by atoms with van der Waals surface area (Å²) in [7, 11) is 1.80. The first-order valence-electron chi connectivity index (χ1n) is 5.10. The van der Waals surface area contributed by atoms with Gasteiger partial charge in [-0.15, -0.1) is 0 Å². The highest BCUT2D eigenvalue weighted by molar-refractivity contribution is 9.09. The van der Waals surface area contributed by atoms with Gasteiger partial charge in [-0.2, -0.15) is 0 Å². The number of nitrogens with zero attached hydrogens (tertiary/aromatic N) is 1. The van der Waals surface area contributed by atoms with E-state index < -0.39 is 0 Å². The fraction of sp³-hybridized carbons (Fsp3) is 0.545. The minimum absolute atomic E-state index is 0.0427. The molecule has 0 unspecified atom stereocenters. The van der Waals surface area contributed by atoms with Gasteiger partial charge in [0.25, 0.3) is 5.91 Å². The molecule has 3 nitrogen and oxygen atoms in total. The van der Waals surface area contributed by atoms with Gasteiger partial charge in [0.05, 0.1) is 6.26 Å². The lowest BCUT2D eigenvalue weighted by Crippen LogP contribution is -2.27. The van der Waals surface area contributed by atoms with Gasteiger partial charge < -0.3 is 9.32 Å². The van der Waals surface area contributed by atoms with Crippen molar-refractivity contribution in [3.05, 3.63) is 24.2 Å². The zero-order valence-electron chi connectivity index (χ0n) is 8.91. The first-order valence-corrected chi connectivity index (χ1v) is 6.23. The average Bonchev–Trinajstić information content (AvgIpc) is 2.76. The van der Waals surface area contributed by atoms with E-state index in [2.05, 4.69) is 15.9 Å². The second-order valence-corrected chi connectivity index (χ2v) is 4.25. The molecule has 0 spiro atoms. The maximum absolute atomic E-state index is 11.7. The first kappa shape index (κ1) is 12.3. The van der Waals surface area contributed by atoms with Crippen LogP contribution < -0.4 is 0 Å². The zero-order valence-corrected chi connectivity index (χ0v) is 10.5. The molecule has 0 radical (unpaired) electrons. The van der Waals surface area contributed by atoms with Crippen LogP contribution in [0.15, 0.2) is 22.8 Å². The third kappa shape index (κ3) is 4.08. The normalized spacial score (nSPS) is 10.3. The van der Waals surface area contributed by atoms with Crippen LogP contribution in [0.2, 0.25) is 0 Å². The molecule has 0 bridgehead atoms. The summed E-state index contributed by atoms with van der Waals surface area (Å²) in [5.41, 5.74) is 0. The summed E-state index contributed by atoms with van der Waals surface area (Å²) in [4.78, 5) is 13.4. The molecule has 1 amide bonds. The molecule has 1 rings (SSSR count). The molecule has 0 saturated carbocycles. The van der Waals surface area contributed by atoms with Gasteiger partial charge in [0.15, 0.2) is 5.76 Å². The molecular weight excluding hydrogens is 258 g/mol. The van der Waals surface area contributed by atoms with Crippen molar-refractivity contribution in [2.75, 3.05) is 18.9 Å². The number of rotatable bonds is 6. The Morgan fingerprint density at radius 3 is 2.87 bits per heavy atom. The number of unbranched alkanes of at least 4 members (excludes halogenated alkanes) is 2. The molecule has 0 N–H and O–H groups in total. The van der Waals surface area contributed by atoms with E-state index in [1.807, 2.05) is 0 Å². The highest BCUT2D eigenvalue weighted by atomic mass is 79.9. The molecule has 1 heterocycles. The number of hydrogen-bond donors (Lipinski definition) is 0. The van der Waals surface area contributed by atoms with Crippen molar-refractivity contribution in [2.45, 2.75) is 19.3 Å². The largest absolute Gasteiger partial charge is 0.459 e. The molecule has 0 aromatic carbocycles. The fourth-order valence-electron chi connectivity index (χ4n) is 1.31. The summed E-state index contributed by atoms with van der Waals surface area (Å²) in [6.07, 6.45) is 4.85. The number of carbonyl (C=O) groups is 1. The minimum atomic E-state index is -0.0427. The van der Waals surface area contributed by atoms with E-state index in [0.29, 0.717) is 5.76 Å². The Morgan fingerprint density at radius 2 is 2.27 bits per heavy atom. The maximum Gasteiger partial charge on any atom is 0.289 e. The predicted molar refractivity (Wildman–Crippen MR) is 63.3 cm³/mol. The number of amides is 1. The Kier molecular flexibility index (Phi) is 5.47. The molecule has 84 valence electrons. The second-order valence-electron chi connectivity index (χ2n) is 3.45. The highest BCUT2D eigenvalue weighted by Crippen LogP contribution is 2.06. The van der Waals surface area contributed by atoms with Crippen LogP contribution >= 0.6 is 15.9 Å². The van der Waals surface area contributed by atoms with Crippen LogP contribution in [0.4, 0.5) is 0 Å². The molecule has 0 aliphatic carbocycles. The van der Waals surface area contributed by atoms with E-state index in [0.717, 1.165) is 31.1 Å². The molecule has 0 saturated heterocycles. The number of alkyl halides is 1. The zero-order chi connectivity index (χ0) is 11.1. The van der Waals surface area contributed by atoms with Crippen molar-refractivity contribution in [3.63, 3.8) is 0 Å². The third-order valence-corrected chi connectivity index (χ3v) is 2.77. The Balaban J connectivity index is 2.28. The minimum Gasteiger partial charge on any atom is -0.459 e. The molecule has 0 aliphatic rings. The molecule has 0 fully saturated rings. The Hall–Kier alpha value is -0.770. The van der Waals surface area contributed by atoms with Crippen LogP contribution in [-0.4, -0.2) is 29.7 Å². The molecule has 15 heavy (non-hydrogen) atoms. The summed E-state index contributed by atoms with van der Waals surface area (Å²) in [6, 6.07) is 3.42. The van der Waals surface area contributed by atoms with E-state index in [1.54, 1.807) is 24.1 Å². The van der Waals surface area contributed by atoms with Crippen molar-refractivity contribution >= 4 is 21.8 Å². The van der Waals surface area contributed by atoms with Gasteiger partial charge >= 0.3 is 0 Å². The number of carbonyl (C=O) groups excluding carboxylic acids is 1. The Morgan fingerprint density at radius 1 is 1.47 bits per heavy atom. The first-order chi connectivity index (χ1) is 7.25. The SMILES string of the molecule is CN(CCCCCBr)C(=O)c1ccco1. The fourth-order valence-corrected chi connectivity index (χ4v) is 1.71. The van der Waals surface area contributed by atoms with E-state index in [4.69, 9.17) is 4.42 Å². The smallest absolute Gasteiger partial charge is 0.289 e. The number of hydrogen-bond acceptors (Lipinski definition) is 2. The number of halogens is 1. The van der Waals surface area contributed by atoms with E-state index >= 15 is 0 Å². The van der Waals surface area contributed by atoms with E-state index in [9.17, 15) is 4.79 Å². The Bertz CT molecular complexity index is 285. The van der Waals surface area contributed by atoms with Gasteiger partial charge in [-0.25, -0.2) is 0 Å². The monoisotopic (exact) mass is 273 g/mol. The van der Waals surface area contributed by atoms with Crippen LogP contribution in [0, 0.1) is 0 Å². The quantitative estimate of drug-likeness (QED) is 0.590. The predicted octanol–water partition coefficient (Wildman–Crippen LogP) is 2.92. The highest BCUT2D eigenvalue weighted by Gasteiger charge is 2.13. The lowest BCUT2D eigenvalue weighted by Gasteiger charge is -2.15. The van der Waals surface area contributed by atoms with Crippen molar-refractivity contribution in [1.29, 1.82) is 0 Å². The van der Waals surface area contributed by atoms with E-state index in [1.165, 1.54) is 6.26 Å². The second kappa shape index (κ2) is 6.67. The number of furan rings is 1. The molecule has 4 heteroatoms. The summed E-state index contributed by atoms with van der Waals surface area (Å²) in [5.74, 6) is 0.372. The van der Waals surface area contributed by atoms with Gasteiger partial charge in [0.2, 0.25) is 0 Å². The Labute approximate surface area is 98.6 Å². The van der Waals surface area contributed by atoms with Gasteiger partial charge in [-0.1, -0.05) is 22.4 Å². The molecule has 0 aliphatic heterocycles. The average molecular weight is 274 g/mol. The van der Waals surface area contributed by atoms with Gasteiger partial charge in [0.1, 0.15) is 0 Å². The van der Waals surface area contributed by atoms with Gasteiger partial charge in [-0.3, -0.25) is 4.79 Å². The topological polar surface area (TPSA) is 33.5 Å². The van der Waals surface area contributed by atoms with Crippen LogP contribution in [0.3, 0.4) is 0 Å². The van der Waals surface area contributed by atoms with Crippen LogP contribution in [-0.2, 0) is 0 Å². The van der Waals surface area contributed by atoms with Crippen molar-refractivity contribution in [1.82, 2.24) is 4.90 Å². The summed E-state index contributed by atoms with van der Waals surface area (Å²) >= 11 is 3.38. The standard InChI is InChI=1S/C11H16BrNO2/c1-13(8-4-2-3-7-12)11(14)10-6-5-9-15-10/h5-6,9H,2-4,7-8H2,1H3. The van der Waals surface area contributed by atoms with Gasteiger partial charge in [0, 0.05) is 18.9 Å². The summed E-state index contributed by atoms with van der Waals surface area (Å²) in [6.45, 7) is 0.784.